The molecule has 0 unspecified atom stereocenters. The maximum absolute atomic E-state index is 2.17. The molecule has 0 nitrogen and oxygen atoms in total. The lowest BCUT2D eigenvalue weighted by molar-refractivity contribution is 1.34. The molecule has 3 aromatic rings. The van der Waals surface area contributed by atoms with Gasteiger partial charge in [0.2, 0.25) is 0 Å². The number of rotatable bonds is 0. The lowest BCUT2D eigenvalue weighted by Crippen LogP contribution is -1.74. The fourth-order valence-corrected chi connectivity index (χ4v) is 2.11. The van der Waals surface area contributed by atoms with Crippen molar-refractivity contribution in [2.24, 2.45) is 0 Å². The Morgan fingerprint density at radius 3 is 0.833 bits per heavy atom. The first-order chi connectivity index (χ1) is 14.4. The summed E-state index contributed by atoms with van der Waals surface area (Å²) < 4.78 is 0. The third kappa shape index (κ3) is 19.0. The molecule has 30 heavy (non-hydrogen) atoms. The van der Waals surface area contributed by atoms with E-state index in [-0.39, 0.29) is 0 Å². The van der Waals surface area contributed by atoms with E-state index in [0.29, 0.717) is 0 Å². The predicted molar refractivity (Wildman–Crippen MR) is 142 cm³/mol. The average molecular weight is 409 g/mol. The second-order valence-corrected chi connectivity index (χ2v) is 6.40. The summed E-state index contributed by atoms with van der Waals surface area (Å²) in [6, 6.07) is 25.3. The molecule has 0 aliphatic carbocycles. The molecule has 0 aliphatic rings. The van der Waals surface area contributed by atoms with Crippen LogP contribution in [0, 0.1) is 41.5 Å². The van der Waals surface area contributed by atoms with Crippen LogP contribution in [0.4, 0.5) is 0 Å². The van der Waals surface area contributed by atoms with E-state index < -0.39 is 0 Å². The van der Waals surface area contributed by atoms with E-state index in [0.717, 1.165) is 0 Å². The second kappa shape index (κ2) is 22.9. The van der Waals surface area contributed by atoms with Crippen molar-refractivity contribution in [3.8, 4) is 0 Å². The van der Waals surface area contributed by atoms with Gasteiger partial charge in [0.1, 0.15) is 0 Å². The van der Waals surface area contributed by atoms with Crippen LogP contribution >= 0.6 is 0 Å². The molecule has 0 fully saturated rings. The minimum Gasteiger partial charge on any atom is -0.0683 e. The van der Waals surface area contributed by atoms with Gasteiger partial charge in [-0.1, -0.05) is 137 Å². The van der Waals surface area contributed by atoms with Crippen molar-refractivity contribution in [2.45, 2.75) is 83.1 Å². The summed E-state index contributed by atoms with van der Waals surface area (Å²) in [6.45, 7) is 24.6. The molecule has 0 spiro atoms. The standard InChI is InChI=1S/3C8H10.3C2H6/c1-7-3-5-8(2)6-4-7;1-7-4-3-5-8(2)6-7;1-7-5-3-4-6-8(7)2;3*1-2/h3*3-6H,1-2H3;3*1-2H3. The van der Waals surface area contributed by atoms with Crippen molar-refractivity contribution in [3.63, 3.8) is 0 Å². The van der Waals surface area contributed by atoms with Gasteiger partial charge in [-0.25, -0.2) is 0 Å². The molecule has 0 saturated heterocycles. The first kappa shape index (κ1) is 32.3. The Balaban J connectivity index is -0.000000323. The Hall–Kier alpha value is -2.34. The summed E-state index contributed by atoms with van der Waals surface area (Å²) in [5.74, 6) is 0. The molecule has 0 N–H and O–H groups in total. The highest BCUT2D eigenvalue weighted by Gasteiger charge is 1.84. The SMILES string of the molecule is CC.CC.CC.Cc1ccc(C)cc1.Cc1cccc(C)c1.Cc1ccccc1C. The summed E-state index contributed by atoms with van der Waals surface area (Å²) in [6.07, 6.45) is 0. The molecule has 168 valence electrons. The van der Waals surface area contributed by atoms with Gasteiger partial charge in [-0.2, -0.15) is 0 Å². The largest absolute Gasteiger partial charge is 0.0683 e. The van der Waals surface area contributed by atoms with Crippen LogP contribution in [0.1, 0.15) is 74.9 Å². The van der Waals surface area contributed by atoms with Crippen LogP contribution < -0.4 is 0 Å². The highest BCUT2D eigenvalue weighted by molar-refractivity contribution is 5.23. The van der Waals surface area contributed by atoms with Gasteiger partial charge in [-0.3, -0.25) is 0 Å². The molecule has 0 heterocycles. The van der Waals surface area contributed by atoms with Crippen molar-refractivity contribution >= 4 is 0 Å². The third-order valence-corrected chi connectivity index (χ3v) is 3.82. The zero-order valence-electron chi connectivity index (χ0n) is 21.9. The summed E-state index contributed by atoms with van der Waals surface area (Å²) >= 11 is 0. The van der Waals surface area contributed by atoms with Gasteiger partial charge in [-0.15, -0.1) is 0 Å². The smallest absolute Gasteiger partial charge is 0.0395 e. The van der Waals surface area contributed by atoms with Crippen molar-refractivity contribution in [1.82, 2.24) is 0 Å². The monoisotopic (exact) mass is 408 g/mol. The Bertz CT molecular complexity index is 662. The number of hydrogen-bond donors (Lipinski definition) is 0. The molecule has 0 heteroatoms. The average Bonchev–Trinajstić information content (AvgIpc) is 2.77. The predicted octanol–water partition coefficient (Wildman–Crippen LogP) is 9.99. The molecule has 0 amide bonds. The topological polar surface area (TPSA) is 0 Å². The van der Waals surface area contributed by atoms with Crippen molar-refractivity contribution < 1.29 is 0 Å². The molecule has 0 radical (unpaired) electrons. The Morgan fingerprint density at radius 1 is 0.333 bits per heavy atom. The Morgan fingerprint density at radius 2 is 0.633 bits per heavy atom. The van der Waals surface area contributed by atoms with E-state index in [1.54, 1.807) is 0 Å². The quantitative estimate of drug-likeness (QED) is 0.347. The third-order valence-electron chi connectivity index (χ3n) is 3.82. The van der Waals surface area contributed by atoms with Gasteiger partial charge in [0.05, 0.1) is 0 Å². The molecule has 0 bridgehead atoms. The molecular formula is C30H48. The van der Waals surface area contributed by atoms with Gasteiger partial charge in [0, 0.05) is 0 Å². The van der Waals surface area contributed by atoms with Crippen molar-refractivity contribution in [2.75, 3.05) is 0 Å². The molecule has 3 rings (SSSR count). The zero-order chi connectivity index (χ0) is 23.9. The lowest BCUT2D eigenvalue weighted by Gasteiger charge is -1.93. The molecule has 0 aliphatic heterocycles. The van der Waals surface area contributed by atoms with Crippen LogP contribution in [0.3, 0.4) is 0 Å². The van der Waals surface area contributed by atoms with E-state index in [1.165, 1.54) is 33.4 Å². The van der Waals surface area contributed by atoms with Gasteiger partial charge in [0.15, 0.2) is 0 Å². The van der Waals surface area contributed by atoms with Crippen LogP contribution in [0.2, 0.25) is 0 Å². The molecule has 0 aromatic heterocycles. The second-order valence-electron chi connectivity index (χ2n) is 6.40. The Kier molecular flexibility index (Phi) is 24.7. The van der Waals surface area contributed by atoms with E-state index >= 15 is 0 Å². The van der Waals surface area contributed by atoms with E-state index in [1.807, 2.05) is 41.5 Å². The highest BCUT2D eigenvalue weighted by atomic mass is 13.9. The maximum atomic E-state index is 2.17. The van der Waals surface area contributed by atoms with Crippen LogP contribution in [-0.4, -0.2) is 0 Å². The van der Waals surface area contributed by atoms with Gasteiger partial charge < -0.3 is 0 Å². The molecular weight excluding hydrogens is 360 g/mol. The first-order valence-electron chi connectivity index (χ1n) is 11.5. The molecule has 0 saturated carbocycles. The number of aryl methyl sites for hydroxylation is 6. The maximum Gasteiger partial charge on any atom is -0.0395 e. The van der Waals surface area contributed by atoms with Crippen molar-refractivity contribution in [1.29, 1.82) is 0 Å². The van der Waals surface area contributed by atoms with Gasteiger partial charge >= 0.3 is 0 Å². The number of benzene rings is 3. The summed E-state index contributed by atoms with van der Waals surface area (Å²) in [5.41, 5.74) is 8.07. The zero-order valence-corrected chi connectivity index (χ0v) is 21.9. The minimum absolute atomic E-state index is 1.33. The first-order valence-corrected chi connectivity index (χ1v) is 11.5. The summed E-state index contributed by atoms with van der Waals surface area (Å²) in [7, 11) is 0. The fourth-order valence-electron chi connectivity index (χ4n) is 2.11. The minimum atomic E-state index is 1.33. The van der Waals surface area contributed by atoms with Gasteiger partial charge in [-0.05, 0) is 52.7 Å². The summed E-state index contributed by atoms with van der Waals surface area (Å²) in [4.78, 5) is 0. The fraction of sp³-hybridized carbons (Fsp3) is 0.400. The number of hydrogen-bond acceptors (Lipinski definition) is 0. The van der Waals surface area contributed by atoms with Crippen LogP contribution in [0.25, 0.3) is 0 Å². The van der Waals surface area contributed by atoms with Gasteiger partial charge in [0.25, 0.3) is 0 Å². The summed E-state index contributed by atoms with van der Waals surface area (Å²) in [5, 5.41) is 0. The lowest BCUT2D eigenvalue weighted by atomic mass is 10.1. The molecule has 0 atom stereocenters. The van der Waals surface area contributed by atoms with E-state index in [9.17, 15) is 0 Å². The highest BCUT2D eigenvalue weighted by Crippen LogP contribution is 2.03. The normalized spacial score (nSPS) is 8.00. The van der Waals surface area contributed by atoms with E-state index in [4.69, 9.17) is 0 Å². The molecule has 3 aromatic carbocycles. The van der Waals surface area contributed by atoms with E-state index in [2.05, 4.69) is 114 Å². The van der Waals surface area contributed by atoms with Crippen molar-refractivity contribution in [3.05, 3.63) is 106 Å². The van der Waals surface area contributed by atoms with Crippen LogP contribution in [-0.2, 0) is 0 Å². The van der Waals surface area contributed by atoms with Crippen LogP contribution in [0.15, 0.2) is 72.8 Å². The Labute approximate surface area is 189 Å². The van der Waals surface area contributed by atoms with Crippen LogP contribution in [0.5, 0.6) is 0 Å².